The van der Waals surface area contributed by atoms with Crippen molar-refractivity contribution < 1.29 is 9.72 Å². The lowest BCUT2D eigenvalue weighted by Crippen LogP contribution is -1.95. The van der Waals surface area contributed by atoms with Crippen LogP contribution in [0.25, 0.3) is 10.8 Å². The maximum atomic E-state index is 11.2. The van der Waals surface area contributed by atoms with Crippen LogP contribution in [0.2, 0.25) is 0 Å². The minimum Gasteiger partial charge on any atom is -0.276 e. The van der Waals surface area contributed by atoms with E-state index in [0.29, 0.717) is 5.39 Å². The number of benzene rings is 2. The summed E-state index contributed by atoms with van der Waals surface area (Å²) >= 11 is 5.40. The number of carbonyl (C=O) groups excluding carboxylic acids is 1. The summed E-state index contributed by atoms with van der Waals surface area (Å²) in [6, 6.07) is 9.44. The van der Waals surface area contributed by atoms with Gasteiger partial charge in [0.15, 0.2) is 0 Å². The smallest absolute Gasteiger partial charge is 0.276 e. The monoisotopic (exact) mass is 235 g/mol. The quantitative estimate of drug-likeness (QED) is 0.456. The fourth-order valence-electron chi connectivity index (χ4n) is 1.64. The summed E-state index contributed by atoms with van der Waals surface area (Å²) in [6.07, 6.45) is 0. The molecule has 0 atom stereocenters. The molecular weight excluding hydrogens is 230 g/mol. The van der Waals surface area contributed by atoms with Gasteiger partial charge in [0.05, 0.1) is 10.3 Å². The summed E-state index contributed by atoms with van der Waals surface area (Å²) in [7, 11) is 0. The first kappa shape index (κ1) is 10.6. The molecule has 4 nitrogen and oxygen atoms in total. The number of nitro benzene ring substituents is 1. The largest absolute Gasteiger partial charge is 0.277 e. The minimum atomic E-state index is -0.695. The first-order valence-electron chi connectivity index (χ1n) is 4.47. The topological polar surface area (TPSA) is 60.2 Å². The maximum absolute atomic E-state index is 11.2. The third-order valence-electron chi connectivity index (χ3n) is 2.29. The second-order valence-electron chi connectivity index (χ2n) is 3.21. The van der Waals surface area contributed by atoms with E-state index >= 15 is 0 Å². The van der Waals surface area contributed by atoms with Gasteiger partial charge in [0.2, 0.25) is 0 Å². The number of halogens is 1. The third-order valence-corrected chi connectivity index (χ3v) is 2.49. The highest BCUT2D eigenvalue weighted by Gasteiger charge is 2.17. The van der Waals surface area contributed by atoms with Gasteiger partial charge in [0.1, 0.15) is 0 Å². The van der Waals surface area contributed by atoms with E-state index in [4.69, 9.17) is 11.6 Å². The van der Waals surface area contributed by atoms with Crippen LogP contribution in [-0.2, 0) is 0 Å². The van der Waals surface area contributed by atoms with Crippen LogP contribution in [0, 0.1) is 10.1 Å². The Morgan fingerprint density at radius 1 is 1.19 bits per heavy atom. The van der Waals surface area contributed by atoms with E-state index in [-0.39, 0.29) is 16.6 Å². The first-order valence-corrected chi connectivity index (χ1v) is 4.85. The molecule has 0 radical (unpaired) electrons. The standard InChI is InChI=1S/C11H6ClNO3/c12-11(14)8-5-1-3-7-4-2-6-9(10(7)8)13(15)16/h1-6H. The molecule has 16 heavy (non-hydrogen) atoms. The highest BCUT2D eigenvalue weighted by atomic mass is 35.5. The predicted molar refractivity (Wildman–Crippen MR) is 60.8 cm³/mol. The Morgan fingerprint density at radius 3 is 2.38 bits per heavy atom. The molecule has 0 aromatic heterocycles. The number of rotatable bonds is 2. The summed E-state index contributed by atoms with van der Waals surface area (Å²) in [5, 5.41) is 11.1. The predicted octanol–water partition coefficient (Wildman–Crippen LogP) is 3.13. The molecule has 5 heteroatoms. The SMILES string of the molecule is O=C(Cl)c1cccc2cccc([N+](=O)[O-])c12. The van der Waals surface area contributed by atoms with Crippen LogP contribution in [0.3, 0.4) is 0 Å². The van der Waals surface area contributed by atoms with E-state index < -0.39 is 10.2 Å². The van der Waals surface area contributed by atoms with E-state index in [1.807, 2.05) is 0 Å². The molecule has 0 aliphatic carbocycles. The van der Waals surface area contributed by atoms with Crippen LogP contribution in [-0.4, -0.2) is 10.2 Å². The van der Waals surface area contributed by atoms with Gasteiger partial charge >= 0.3 is 0 Å². The summed E-state index contributed by atoms with van der Waals surface area (Å²) in [5.41, 5.74) is 0.0496. The minimum absolute atomic E-state index is 0.109. The Balaban J connectivity index is 2.92. The highest BCUT2D eigenvalue weighted by molar-refractivity contribution is 6.68. The van der Waals surface area contributed by atoms with Gasteiger partial charge in [0, 0.05) is 11.6 Å². The molecule has 0 unspecified atom stereocenters. The lowest BCUT2D eigenvalue weighted by atomic mass is 10.0. The number of nitro groups is 1. The second kappa shape index (κ2) is 3.90. The van der Waals surface area contributed by atoms with Crippen molar-refractivity contribution in [2.45, 2.75) is 0 Å². The molecule has 80 valence electrons. The van der Waals surface area contributed by atoms with Gasteiger partial charge in [-0.05, 0) is 23.1 Å². The van der Waals surface area contributed by atoms with Crippen LogP contribution in [0.15, 0.2) is 36.4 Å². The molecule has 0 N–H and O–H groups in total. The number of fused-ring (bicyclic) bond motifs is 1. The van der Waals surface area contributed by atoms with Crippen molar-refractivity contribution in [2.24, 2.45) is 0 Å². The fraction of sp³-hybridized carbons (Fsp3) is 0. The van der Waals surface area contributed by atoms with Crippen molar-refractivity contribution in [3.05, 3.63) is 52.1 Å². The van der Waals surface area contributed by atoms with Crippen molar-refractivity contribution in [1.82, 2.24) is 0 Å². The molecule has 2 rings (SSSR count). The van der Waals surface area contributed by atoms with E-state index in [2.05, 4.69) is 0 Å². The molecule has 0 heterocycles. The van der Waals surface area contributed by atoms with Crippen LogP contribution in [0.1, 0.15) is 10.4 Å². The van der Waals surface area contributed by atoms with Gasteiger partial charge in [-0.2, -0.15) is 0 Å². The van der Waals surface area contributed by atoms with Crippen molar-refractivity contribution >= 4 is 33.3 Å². The Bertz CT molecular complexity index is 546. The lowest BCUT2D eigenvalue weighted by Gasteiger charge is -2.02. The molecule has 0 aliphatic heterocycles. The normalized spacial score (nSPS) is 10.3. The van der Waals surface area contributed by atoms with Gasteiger partial charge in [-0.1, -0.05) is 24.3 Å². The van der Waals surface area contributed by atoms with Crippen LogP contribution in [0.5, 0.6) is 0 Å². The molecule has 0 saturated carbocycles. The van der Waals surface area contributed by atoms with Gasteiger partial charge in [-0.3, -0.25) is 14.9 Å². The van der Waals surface area contributed by atoms with Gasteiger partial charge in [-0.15, -0.1) is 0 Å². The number of carbonyl (C=O) groups is 1. The Hall–Kier alpha value is -1.94. The zero-order chi connectivity index (χ0) is 11.7. The molecule has 0 fully saturated rings. The molecule has 2 aromatic rings. The van der Waals surface area contributed by atoms with Crippen molar-refractivity contribution in [3.8, 4) is 0 Å². The summed E-state index contributed by atoms with van der Waals surface area (Å²) in [4.78, 5) is 21.5. The van der Waals surface area contributed by atoms with E-state index in [0.717, 1.165) is 0 Å². The van der Waals surface area contributed by atoms with E-state index in [1.54, 1.807) is 24.3 Å². The number of nitrogens with zero attached hydrogens (tertiary/aromatic N) is 1. The second-order valence-corrected chi connectivity index (χ2v) is 3.55. The Morgan fingerprint density at radius 2 is 1.81 bits per heavy atom. The molecule has 0 aliphatic rings. The molecule has 0 amide bonds. The highest BCUT2D eigenvalue weighted by Crippen LogP contribution is 2.29. The van der Waals surface area contributed by atoms with Crippen molar-refractivity contribution in [1.29, 1.82) is 0 Å². The molecule has 0 saturated heterocycles. The number of hydrogen-bond donors (Lipinski definition) is 0. The third kappa shape index (κ3) is 1.63. The first-order chi connectivity index (χ1) is 7.61. The Kier molecular flexibility index (Phi) is 2.58. The summed E-state index contributed by atoms with van der Waals surface area (Å²) in [6.45, 7) is 0. The van der Waals surface area contributed by atoms with Gasteiger partial charge in [0.25, 0.3) is 10.9 Å². The molecular formula is C11H6ClNO3. The molecule has 0 spiro atoms. The van der Waals surface area contributed by atoms with Crippen molar-refractivity contribution in [3.63, 3.8) is 0 Å². The lowest BCUT2D eigenvalue weighted by molar-refractivity contribution is -0.383. The zero-order valence-electron chi connectivity index (χ0n) is 8.01. The number of hydrogen-bond acceptors (Lipinski definition) is 3. The van der Waals surface area contributed by atoms with E-state index in [9.17, 15) is 14.9 Å². The van der Waals surface area contributed by atoms with E-state index in [1.165, 1.54) is 12.1 Å². The zero-order valence-corrected chi connectivity index (χ0v) is 8.77. The van der Waals surface area contributed by atoms with Crippen molar-refractivity contribution in [2.75, 3.05) is 0 Å². The molecule has 0 bridgehead atoms. The molecule has 2 aromatic carbocycles. The average molecular weight is 236 g/mol. The van der Waals surface area contributed by atoms with Gasteiger partial charge < -0.3 is 0 Å². The van der Waals surface area contributed by atoms with Crippen LogP contribution in [0.4, 0.5) is 5.69 Å². The van der Waals surface area contributed by atoms with Crippen LogP contribution < -0.4 is 0 Å². The maximum Gasteiger partial charge on any atom is 0.277 e. The van der Waals surface area contributed by atoms with Crippen LogP contribution >= 0.6 is 11.6 Å². The Labute approximate surface area is 95.6 Å². The fourth-order valence-corrected chi connectivity index (χ4v) is 1.79. The van der Waals surface area contributed by atoms with Gasteiger partial charge in [-0.25, -0.2) is 0 Å². The number of non-ortho nitro benzene ring substituents is 1. The average Bonchev–Trinajstić information content (AvgIpc) is 2.27. The summed E-state index contributed by atoms with van der Waals surface area (Å²) in [5.74, 6) is 0. The summed E-state index contributed by atoms with van der Waals surface area (Å²) < 4.78 is 0.